The molecule has 0 radical (unpaired) electrons. The van der Waals surface area contributed by atoms with E-state index in [2.05, 4.69) is 22.1 Å². The van der Waals surface area contributed by atoms with Crippen molar-refractivity contribution < 1.29 is 23.8 Å². The van der Waals surface area contributed by atoms with E-state index < -0.39 is 18.0 Å². The smallest absolute Gasteiger partial charge is 0.317 e. The number of hydrogen-bond acceptors (Lipinski definition) is 5. The molecule has 192 valence electrons. The molecule has 36 heavy (non-hydrogen) atoms. The van der Waals surface area contributed by atoms with E-state index in [1.165, 1.54) is 12.3 Å². The monoisotopic (exact) mass is 496 g/mol. The number of rotatable bonds is 6. The van der Waals surface area contributed by atoms with Crippen molar-refractivity contribution >= 4 is 11.9 Å². The number of halogens is 1. The summed E-state index contributed by atoms with van der Waals surface area (Å²) < 4.78 is 20.2. The first kappa shape index (κ1) is 27.0. The minimum Gasteiger partial charge on any atom is -0.472 e. The molecular weight excluding hydrogens is 463 g/mol. The Morgan fingerprint density at radius 2 is 2.14 bits per heavy atom. The van der Waals surface area contributed by atoms with Gasteiger partial charge in [-0.05, 0) is 31.5 Å². The van der Waals surface area contributed by atoms with Gasteiger partial charge in [-0.2, -0.15) is 0 Å². The number of carbonyl (C=O) groups is 2. The lowest BCUT2D eigenvalue weighted by molar-refractivity contribution is 0.0352. The summed E-state index contributed by atoms with van der Waals surface area (Å²) in [5, 5.41) is 12.6. The van der Waals surface area contributed by atoms with Crippen LogP contribution in [0.1, 0.15) is 48.7 Å². The van der Waals surface area contributed by atoms with Crippen LogP contribution >= 0.6 is 0 Å². The van der Waals surface area contributed by atoms with Crippen LogP contribution in [0.4, 0.5) is 9.18 Å². The van der Waals surface area contributed by atoms with Crippen LogP contribution in [0.25, 0.3) is 0 Å². The normalized spacial score (nSPS) is 18.1. The number of aliphatic hydroxyl groups excluding tert-OH is 1. The highest BCUT2D eigenvalue weighted by atomic mass is 19.1. The topological polar surface area (TPSA) is 95.0 Å². The first-order valence-corrected chi connectivity index (χ1v) is 12.1. The van der Waals surface area contributed by atoms with Crippen molar-refractivity contribution in [2.45, 2.75) is 39.3 Å². The molecule has 3 atom stereocenters. The molecule has 0 saturated carbocycles. The first-order valence-electron chi connectivity index (χ1n) is 12.1. The number of pyridine rings is 1. The maximum atomic E-state index is 14.0. The number of hydrogen-bond donors (Lipinski definition) is 2. The number of aromatic nitrogens is 1. The maximum absolute atomic E-state index is 14.0. The van der Waals surface area contributed by atoms with Gasteiger partial charge in [-0.3, -0.25) is 4.79 Å². The van der Waals surface area contributed by atoms with Crippen LogP contribution in [-0.4, -0.2) is 77.3 Å². The molecule has 1 aliphatic rings. The zero-order valence-corrected chi connectivity index (χ0v) is 21.1. The van der Waals surface area contributed by atoms with E-state index in [1.54, 1.807) is 48.0 Å². The Bertz CT molecular complexity index is 1150. The highest BCUT2D eigenvalue weighted by Gasteiger charge is 2.34. The Labute approximate surface area is 211 Å². The van der Waals surface area contributed by atoms with E-state index in [-0.39, 0.29) is 48.0 Å². The van der Waals surface area contributed by atoms with Crippen molar-refractivity contribution in [2.24, 2.45) is 5.92 Å². The maximum Gasteiger partial charge on any atom is 0.317 e. The number of carbonyl (C=O) groups excluding carboxylic acids is 2. The van der Waals surface area contributed by atoms with E-state index >= 15 is 0 Å². The average Bonchev–Trinajstić information content (AvgIpc) is 2.88. The van der Waals surface area contributed by atoms with Crippen molar-refractivity contribution in [1.82, 2.24) is 20.1 Å². The number of nitrogens with zero attached hydrogens (tertiary/aromatic N) is 3. The third kappa shape index (κ3) is 6.52. The van der Waals surface area contributed by atoms with E-state index in [4.69, 9.17) is 4.74 Å². The molecule has 0 fully saturated rings. The van der Waals surface area contributed by atoms with Gasteiger partial charge in [0.25, 0.3) is 5.91 Å². The number of amides is 3. The molecule has 0 spiro atoms. The zero-order valence-electron chi connectivity index (χ0n) is 21.1. The van der Waals surface area contributed by atoms with Gasteiger partial charge in [-0.15, -0.1) is 0 Å². The summed E-state index contributed by atoms with van der Waals surface area (Å²) in [4.78, 5) is 33.4. The van der Waals surface area contributed by atoms with Crippen LogP contribution in [-0.2, 0) is 0 Å². The van der Waals surface area contributed by atoms with Crippen LogP contribution in [0.2, 0.25) is 0 Å². The summed E-state index contributed by atoms with van der Waals surface area (Å²) in [5.41, 5.74) is 0.859. The number of urea groups is 1. The Morgan fingerprint density at radius 1 is 1.39 bits per heavy atom. The fraction of sp³-hybridized carbons (Fsp3) is 0.444. The minimum absolute atomic E-state index is 0.130. The number of aliphatic hydroxyl groups is 1. The Kier molecular flexibility index (Phi) is 9.25. The van der Waals surface area contributed by atoms with Gasteiger partial charge in [0.15, 0.2) is 0 Å². The standard InChI is InChI=1S/C27H33FN4O4/c1-5-12-29-27(35)31(4)16-24-18(2)15-32(19(3)17-33)26(34)22-13-20(14-30-25(22)36-24)10-11-21-8-6-7-9-23(21)28/h6-9,13-14,18-19,24,33H,5,12,15-17H2,1-4H3,(H,29,35)/t18-,19+,24-/m1/s1. The van der Waals surface area contributed by atoms with Crippen molar-refractivity contribution in [3.63, 3.8) is 0 Å². The molecular formula is C27H33FN4O4. The summed E-state index contributed by atoms with van der Waals surface area (Å²) in [5.74, 6) is 4.84. The third-order valence-electron chi connectivity index (χ3n) is 6.06. The van der Waals surface area contributed by atoms with E-state index in [0.29, 0.717) is 18.7 Å². The van der Waals surface area contributed by atoms with Crippen molar-refractivity contribution in [3.05, 3.63) is 59.0 Å². The van der Waals surface area contributed by atoms with Gasteiger partial charge in [-0.1, -0.05) is 37.8 Å². The van der Waals surface area contributed by atoms with Crippen molar-refractivity contribution in [3.8, 4) is 17.7 Å². The Hall–Kier alpha value is -3.64. The molecule has 0 bridgehead atoms. The van der Waals surface area contributed by atoms with Crippen LogP contribution in [0.15, 0.2) is 36.5 Å². The fourth-order valence-electron chi connectivity index (χ4n) is 3.81. The average molecular weight is 497 g/mol. The molecule has 1 aromatic carbocycles. The lowest BCUT2D eigenvalue weighted by Gasteiger charge is -2.37. The second kappa shape index (κ2) is 12.4. The summed E-state index contributed by atoms with van der Waals surface area (Å²) in [7, 11) is 1.69. The summed E-state index contributed by atoms with van der Waals surface area (Å²) >= 11 is 0. The van der Waals surface area contributed by atoms with Crippen molar-refractivity contribution in [2.75, 3.05) is 33.3 Å². The lowest BCUT2D eigenvalue weighted by atomic mass is 10.00. The summed E-state index contributed by atoms with van der Waals surface area (Å²) in [6, 6.07) is 7.10. The Morgan fingerprint density at radius 3 is 2.83 bits per heavy atom. The highest BCUT2D eigenvalue weighted by molar-refractivity contribution is 5.97. The van der Waals surface area contributed by atoms with Gasteiger partial charge in [0.1, 0.15) is 17.5 Å². The SMILES string of the molecule is CCCNC(=O)N(C)C[C@H]1Oc2ncc(C#Cc3ccccc3F)cc2C(=O)N([C@@H](C)CO)C[C@H]1C. The molecule has 2 aromatic rings. The van der Waals surface area contributed by atoms with Gasteiger partial charge in [0.2, 0.25) is 5.88 Å². The number of benzene rings is 1. The molecule has 0 aliphatic carbocycles. The van der Waals surface area contributed by atoms with Crippen molar-refractivity contribution in [1.29, 1.82) is 0 Å². The largest absolute Gasteiger partial charge is 0.472 e. The highest BCUT2D eigenvalue weighted by Crippen LogP contribution is 2.27. The molecule has 8 nitrogen and oxygen atoms in total. The number of fused-ring (bicyclic) bond motifs is 1. The number of likely N-dealkylation sites (N-methyl/N-ethyl adjacent to an activating group) is 1. The van der Waals surface area contributed by atoms with Gasteiger partial charge >= 0.3 is 6.03 Å². The number of ether oxygens (including phenoxy) is 1. The third-order valence-corrected chi connectivity index (χ3v) is 6.06. The van der Waals surface area contributed by atoms with Gasteiger partial charge in [0.05, 0.1) is 24.8 Å². The molecule has 2 N–H and O–H groups in total. The molecule has 3 rings (SSSR count). The minimum atomic E-state index is -0.453. The van der Waals surface area contributed by atoms with Gasteiger partial charge in [0, 0.05) is 37.8 Å². The van der Waals surface area contributed by atoms with Gasteiger partial charge in [-0.25, -0.2) is 14.2 Å². The van der Waals surface area contributed by atoms with Crippen LogP contribution in [0.5, 0.6) is 5.88 Å². The van der Waals surface area contributed by atoms with E-state index in [1.807, 2.05) is 13.8 Å². The first-order chi connectivity index (χ1) is 17.2. The van der Waals surface area contributed by atoms with E-state index in [9.17, 15) is 19.1 Å². The molecule has 0 saturated heterocycles. The molecule has 9 heteroatoms. The van der Waals surface area contributed by atoms with Gasteiger partial charge < -0.3 is 25.0 Å². The van der Waals surface area contributed by atoms with Crippen LogP contribution in [0, 0.1) is 23.6 Å². The second-order valence-electron chi connectivity index (χ2n) is 9.04. The molecule has 1 aromatic heterocycles. The Balaban J connectivity index is 1.95. The van der Waals surface area contributed by atoms with Crippen LogP contribution in [0.3, 0.4) is 0 Å². The zero-order chi connectivity index (χ0) is 26.2. The second-order valence-corrected chi connectivity index (χ2v) is 9.04. The molecule has 0 unspecified atom stereocenters. The predicted molar refractivity (Wildman–Crippen MR) is 134 cm³/mol. The molecule has 1 aliphatic heterocycles. The predicted octanol–water partition coefficient (Wildman–Crippen LogP) is 2.89. The summed E-state index contributed by atoms with van der Waals surface area (Å²) in [6.45, 7) is 6.64. The summed E-state index contributed by atoms with van der Waals surface area (Å²) in [6.07, 6.45) is 1.84. The fourth-order valence-corrected chi connectivity index (χ4v) is 3.81. The molecule has 3 amide bonds. The quantitative estimate of drug-likeness (QED) is 0.600. The number of nitrogens with one attached hydrogen (secondary N) is 1. The van der Waals surface area contributed by atoms with E-state index in [0.717, 1.165) is 6.42 Å². The lowest BCUT2D eigenvalue weighted by Crippen LogP contribution is -2.51. The molecule has 2 heterocycles. The van der Waals surface area contributed by atoms with Crippen LogP contribution < -0.4 is 10.1 Å².